The van der Waals surface area contributed by atoms with E-state index in [0.717, 1.165) is 13.0 Å². The first kappa shape index (κ1) is 18.0. The Balaban J connectivity index is 2.69. The largest absolute Gasteiger partial charge is 0.481 e. The molecule has 0 saturated heterocycles. The fourth-order valence-electron chi connectivity index (χ4n) is 3.35. The van der Waals surface area contributed by atoms with Crippen LogP contribution in [0.25, 0.3) is 0 Å². The molecule has 5 nitrogen and oxygen atoms in total. The van der Waals surface area contributed by atoms with Crippen LogP contribution in [-0.4, -0.2) is 48.6 Å². The van der Waals surface area contributed by atoms with Gasteiger partial charge in [0.05, 0.1) is 11.8 Å². The predicted molar refractivity (Wildman–Crippen MR) is 83.0 cm³/mol. The van der Waals surface area contributed by atoms with Crippen LogP contribution in [0.1, 0.15) is 40.0 Å². The molecule has 21 heavy (non-hydrogen) atoms. The summed E-state index contributed by atoms with van der Waals surface area (Å²) in [6.07, 6.45) is 2.19. The third-order valence-corrected chi connectivity index (χ3v) is 4.14. The number of nitrogens with zero attached hydrogens (tertiary/aromatic N) is 1. The van der Waals surface area contributed by atoms with Crippen molar-refractivity contribution in [3.63, 3.8) is 0 Å². The highest BCUT2D eigenvalue weighted by Gasteiger charge is 2.41. The Bertz CT molecular complexity index is 359. The highest BCUT2D eigenvalue weighted by molar-refractivity contribution is 5.85. The molecule has 0 aromatic rings. The van der Waals surface area contributed by atoms with Gasteiger partial charge in [-0.05, 0) is 45.2 Å². The van der Waals surface area contributed by atoms with Crippen molar-refractivity contribution in [3.8, 4) is 0 Å². The molecule has 122 valence electrons. The minimum Gasteiger partial charge on any atom is -0.481 e. The second kappa shape index (κ2) is 7.78. The summed E-state index contributed by atoms with van der Waals surface area (Å²) >= 11 is 0. The van der Waals surface area contributed by atoms with E-state index in [1.54, 1.807) is 0 Å². The zero-order chi connectivity index (χ0) is 16.2. The summed E-state index contributed by atoms with van der Waals surface area (Å²) in [7, 11) is 3.97. The van der Waals surface area contributed by atoms with Gasteiger partial charge in [-0.15, -0.1) is 0 Å². The van der Waals surface area contributed by atoms with Crippen LogP contribution < -0.4 is 5.32 Å². The smallest absolute Gasteiger partial charge is 0.307 e. The average molecular weight is 298 g/mol. The Kier molecular flexibility index (Phi) is 6.65. The summed E-state index contributed by atoms with van der Waals surface area (Å²) in [5.74, 6) is -1.03. The minimum absolute atomic E-state index is 0.0813. The molecule has 4 atom stereocenters. The lowest BCUT2D eigenvalue weighted by atomic mass is 9.94. The van der Waals surface area contributed by atoms with E-state index in [1.165, 1.54) is 0 Å². The molecule has 0 heterocycles. The number of hydrogen-bond donors (Lipinski definition) is 2. The molecule has 1 saturated carbocycles. The first-order valence-electron chi connectivity index (χ1n) is 7.88. The number of carboxylic acids is 1. The standard InChI is InChI=1S/C16H30N2O3/c1-10(2)6-12(9-18(4)5)17-15(19)13-7-11(3)8-14(13)16(20)21/h10-14H,6-9H2,1-5H3,(H,17,19)(H,20,21)/t11?,12?,13-,14+/m0/s1. The zero-order valence-electron chi connectivity index (χ0n) is 13.9. The van der Waals surface area contributed by atoms with Crippen molar-refractivity contribution in [1.29, 1.82) is 0 Å². The number of amides is 1. The van der Waals surface area contributed by atoms with Crippen LogP contribution in [0.3, 0.4) is 0 Å². The van der Waals surface area contributed by atoms with Gasteiger partial charge in [-0.25, -0.2) is 0 Å². The van der Waals surface area contributed by atoms with Crippen molar-refractivity contribution in [2.45, 2.75) is 46.1 Å². The molecule has 1 amide bonds. The molecular formula is C16H30N2O3. The van der Waals surface area contributed by atoms with Gasteiger partial charge < -0.3 is 15.3 Å². The SMILES string of the molecule is CC(C)CC(CN(C)C)NC(=O)[C@H]1CC(C)C[C@H]1C(=O)O. The molecule has 2 unspecified atom stereocenters. The maximum Gasteiger partial charge on any atom is 0.307 e. The van der Waals surface area contributed by atoms with Gasteiger partial charge in [-0.1, -0.05) is 20.8 Å². The number of rotatable bonds is 7. The highest BCUT2D eigenvalue weighted by Crippen LogP contribution is 2.36. The van der Waals surface area contributed by atoms with Gasteiger partial charge >= 0.3 is 5.97 Å². The van der Waals surface area contributed by atoms with Crippen molar-refractivity contribution < 1.29 is 14.7 Å². The van der Waals surface area contributed by atoms with Gasteiger partial charge in [0.15, 0.2) is 0 Å². The Morgan fingerprint density at radius 2 is 1.81 bits per heavy atom. The topological polar surface area (TPSA) is 69.6 Å². The number of aliphatic carboxylic acids is 1. The predicted octanol–water partition coefficient (Wildman–Crippen LogP) is 1.83. The Morgan fingerprint density at radius 3 is 2.29 bits per heavy atom. The summed E-state index contributed by atoms with van der Waals surface area (Å²) in [4.78, 5) is 25.9. The number of carboxylic acid groups (broad SMARTS) is 1. The average Bonchev–Trinajstić information content (AvgIpc) is 2.69. The van der Waals surface area contributed by atoms with Crippen molar-refractivity contribution in [2.75, 3.05) is 20.6 Å². The summed E-state index contributed by atoms with van der Waals surface area (Å²) in [6, 6.07) is 0.0813. The molecule has 1 fully saturated rings. The molecule has 0 aliphatic heterocycles. The molecule has 1 aliphatic rings. The summed E-state index contributed by atoms with van der Waals surface area (Å²) < 4.78 is 0. The van der Waals surface area contributed by atoms with Crippen LogP contribution in [0.2, 0.25) is 0 Å². The molecule has 2 N–H and O–H groups in total. The molecule has 5 heteroatoms. The second-order valence-electron chi connectivity index (χ2n) is 7.23. The third kappa shape index (κ3) is 5.65. The number of carbonyl (C=O) groups is 2. The summed E-state index contributed by atoms with van der Waals surface area (Å²) in [6.45, 7) is 7.07. The lowest BCUT2D eigenvalue weighted by Gasteiger charge is -2.26. The Morgan fingerprint density at radius 1 is 1.24 bits per heavy atom. The van der Waals surface area contributed by atoms with Crippen molar-refractivity contribution >= 4 is 11.9 Å². The summed E-state index contributed by atoms with van der Waals surface area (Å²) in [5, 5.41) is 12.4. The minimum atomic E-state index is -0.840. The van der Waals surface area contributed by atoms with Gasteiger partial charge in [-0.2, -0.15) is 0 Å². The quantitative estimate of drug-likeness (QED) is 0.752. The van der Waals surface area contributed by atoms with Crippen LogP contribution in [0.4, 0.5) is 0 Å². The van der Waals surface area contributed by atoms with E-state index < -0.39 is 11.9 Å². The fourth-order valence-corrected chi connectivity index (χ4v) is 3.35. The lowest BCUT2D eigenvalue weighted by Crippen LogP contribution is -2.46. The molecule has 0 bridgehead atoms. The van der Waals surface area contributed by atoms with Crippen LogP contribution in [-0.2, 0) is 9.59 Å². The maximum absolute atomic E-state index is 12.5. The molecule has 0 aromatic heterocycles. The monoisotopic (exact) mass is 298 g/mol. The lowest BCUT2D eigenvalue weighted by molar-refractivity contribution is -0.146. The van der Waals surface area contributed by atoms with E-state index in [2.05, 4.69) is 24.1 Å². The number of nitrogens with one attached hydrogen (secondary N) is 1. The van der Waals surface area contributed by atoms with Gasteiger partial charge in [0.25, 0.3) is 0 Å². The van der Waals surface area contributed by atoms with Gasteiger partial charge in [0.2, 0.25) is 5.91 Å². The van der Waals surface area contributed by atoms with Crippen LogP contribution in [0.15, 0.2) is 0 Å². The van der Waals surface area contributed by atoms with E-state index in [0.29, 0.717) is 24.7 Å². The van der Waals surface area contributed by atoms with Gasteiger partial charge in [0, 0.05) is 12.6 Å². The van der Waals surface area contributed by atoms with E-state index in [1.807, 2.05) is 21.0 Å². The summed E-state index contributed by atoms with van der Waals surface area (Å²) in [5.41, 5.74) is 0. The first-order chi connectivity index (χ1) is 9.70. The Labute approximate surface area is 128 Å². The molecule has 0 aromatic carbocycles. The fraction of sp³-hybridized carbons (Fsp3) is 0.875. The van der Waals surface area contributed by atoms with Crippen molar-refractivity contribution in [2.24, 2.45) is 23.7 Å². The van der Waals surface area contributed by atoms with Gasteiger partial charge in [-0.3, -0.25) is 9.59 Å². The Hall–Kier alpha value is -1.10. The van der Waals surface area contributed by atoms with E-state index in [9.17, 15) is 14.7 Å². The first-order valence-corrected chi connectivity index (χ1v) is 7.88. The molecule has 1 aliphatic carbocycles. The number of likely N-dealkylation sites (N-methyl/N-ethyl adjacent to an activating group) is 1. The van der Waals surface area contributed by atoms with Crippen LogP contribution in [0.5, 0.6) is 0 Å². The van der Waals surface area contributed by atoms with E-state index in [-0.39, 0.29) is 17.9 Å². The van der Waals surface area contributed by atoms with Crippen LogP contribution >= 0.6 is 0 Å². The molecule has 0 radical (unpaired) electrons. The number of carbonyl (C=O) groups excluding carboxylic acids is 1. The molecular weight excluding hydrogens is 268 g/mol. The van der Waals surface area contributed by atoms with E-state index in [4.69, 9.17) is 0 Å². The zero-order valence-corrected chi connectivity index (χ0v) is 13.9. The number of hydrogen-bond acceptors (Lipinski definition) is 3. The van der Waals surface area contributed by atoms with Crippen molar-refractivity contribution in [1.82, 2.24) is 10.2 Å². The third-order valence-electron chi connectivity index (χ3n) is 4.14. The molecule has 0 spiro atoms. The second-order valence-corrected chi connectivity index (χ2v) is 7.23. The molecule has 1 rings (SSSR count). The highest BCUT2D eigenvalue weighted by atomic mass is 16.4. The normalized spacial score (nSPS) is 27.1. The van der Waals surface area contributed by atoms with E-state index >= 15 is 0 Å². The van der Waals surface area contributed by atoms with Crippen molar-refractivity contribution in [3.05, 3.63) is 0 Å². The maximum atomic E-state index is 12.5. The van der Waals surface area contributed by atoms with Crippen LogP contribution in [0, 0.1) is 23.7 Å². The van der Waals surface area contributed by atoms with Gasteiger partial charge in [0.1, 0.15) is 0 Å².